The summed E-state index contributed by atoms with van der Waals surface area (Å²) in [7, 11) is 0. The number of furan rings is 1. The maximum absolute atomic E-state index is 13.4. The van der Waals surface area contributed by atoms with Gasteiger partial charge in [-0.25, -0.2) is 0 Å². The van der Waals surface area contributed by atoms with Gasteiger partial charge in [-0.2, -0.15) is 0 Å². The van der Waals surface area contributed by atoms with E-state index in [1.54, 1.807) is 43.3 Å². The number of Topliss-reactive ketones (excluding diaryl/α,β-unsaturated/α-hetero) is 2. The Hall–Kier alpha value is -2.93. The predicted octanol–water partition coefficient (Wildman–Crippen LogP) is 3.28. The van der Waals surface area contributed by atoms with Gasteiger partial charge in [0.25, 0.3) is 5.91 Å². The Labute approximate surface area is 183 Å². The van der Waals surface area contributed by atoms with Crippen LogP contribution in [0.15, 0.2) is 40.8 Å². The van der Waals surface area contributed by atoms with Crippen molar-refractivity contribution in [2.45, 2.75) is 33.7 Å². The number of likely N-dealkylation sites (tertiary alicyclic amines) is 1. The predicted molar refractivity (Wildman–Crippen MR) is 116 cm³/mol. The summed E-state index contributed by atoms with van der Waals surface area (Å²) >= 11 is 0. The van der Waals surface area contributed by atoms with Crippen LogP contribution in [0.25, 0.3) is 0 Å². The number of carbonyl (C=O) groups is 3. The van der Waals surface area contributed by atoms with Gasteiger partial charge in [0.15, 0.2) is 5.78 Å². The Morgan fingerprint density at radius 2 is 1.74 bits per heavy atom. The van der Waals surface area contributed by atoms with E-state index in [-0.39, 0.29) is 5.78 Å². The van der Waals surface area contributed by atoms with Gasteiger partial charge in [-0.05, 0) is 63.3 Å². The van der Waals surface area contributed by atoms with Crippen molar-refractivity contribution in [3.63, 3.8) is 0 Å². The van der Waals surface area contributed by atoms with Crippen LogP contribution in [-0.4, -0.2) is 60.1 Å². The van der Waals surface area contributed by atoms with E-state index in [0.29, 0.717) is 42.5 Å². The highest BCUT2D eigenvalue weighted by Gasteiger charge is 2.52. The van der Waals surface area contributed by atoms with Crippen LogP contribution in [-0.2, 0) is 9.59 Å². The molecule has 1 aliphatic heterocycles. The first kappa shape index (κ1) is 22.7. The lowest BCUT2D eigenvalue weighted by atomic mass is 9.88. The molecule has 7 heteroatoms. The van der Waals surface area contributed by atoms with Crippen molar-refractivity contribution in [2.75, 3.05) is 32.8 Å². The van der Waals surface area contributed by atoms with Crippen molar-refractivity contribution in [3.8, 4) is 5.75 Å². The minimum atomic E-state index is -1.13. The van der Waals surface area contributed by atoms with E-state index in [9.17, 15) is 14.4 Å². The number of hydrogen-bond acceptors (Lipinski definition) is 6. The molecular weight excluding hydrogens is 396 g/mol. The number of hydrogen-bond donors (Lipinski definition) is 0. The zero-order chi connectivity index (χ0) is 22.5. The molecule has 0 spiro atoms. The van der Waals surface area contributed by atoms with Gasteiger partial charge in [-0.1, -0.05) is 13.8 Å². The maximum Gasteiger partial charge on any atom is 0.291 e. The quantitative estimate of drug-likeness (QED) is 0.330. The number of likely N-dealkylation sites (N-methyl/N-ethyl adjacent to an activating group) is 1. The molecule has 166 valence electrons. The molecule has 31 heavy (non-hydrogen) atoms. The number of rotatable bonds is 10. The van der Waals surface area contributed by atoms with E-state index >= 15 is 0 Å². The van der Waals surface area contributed by atoms with Crippen molar-refractivity contribution >= 4 is 17.5 Å². The Morgan fingerprint density at radius 3 is 2.29 bits per heavy atom. The van der Waals surface area contributed by atoms with Crippen LogP contribution in [0, 0.1) is 12.8 Å². The van der Waals surface area contributed by atoms with E-state index < -0.39 is 23.7 Å². The average molecular weight is 427 g/mol. The fourth-order valence-corrected chi connectivity index (χ4v) is 4.01. The topological polar surface area (TPSA) is 80.1 Å². The Kier molecular flexibility index (Phi) is 7.28. The first-order valence-corrected chi connectivity index (χ1v) is 10.8. The van der Waals surface area contributed by atoms with Gasteiger partial charge in [0.2, 0.25) is 5.78 Å². The fraction of sp³-hybridized carbons (Fsp3) is 0.458. The molecule has 1 saturated heterocycles. The molecule has 2 unspecified atom stereocenters. The third kappa shape index (κ3) is 4.71. The average Bonchev–Trinajstić information content (AvgIpc) is 3.30. The van der Waals surface area contributed by atoms with E-state index in [1.165, 1.54) is 4.90 Å². The number of benzene rings is 1. The molecule has 0 saturated carbocycles. The third-order valence-corrected chi connectivity index (χ3v) is 5.74. The SMILES string of the molecule is CCOc1ccc(C(=O)C2C(=O)C(=O)N(CCN(CC)CC)C2c2ccc(C)o2)cc1. The summed E-state index contributed by atoms with van der Waals surface area (Å²) in [5.74, 6) is -1.06. The highest BCUT2D eigenvalue weighted by molar-refractivity contribution is 6.44. The van der Waals surface area contributed by atoms with Gasteiger partial charge >= 0.3 is 0 Å². The second kappa shape index (κ2) is 9.92. The molecule has 2 aromatic rings. The Morgan fingerprint density at radius 1 is 1.06 bits per heavy atom. The molecule has 1 aromatic carbocycles. The molecule has 7 nitrogen and oxygen atoms in total. The van der Waals surface area contributed by atoms with Gasteiger partial charge in [0, 0.05) is 18.7 Å². The minimum Gasteiger partial charge on any atom is -0.494 e. The van der Waals surface area contributed by atoms with Crippen molar-refractivity contribution in [1.82, 2.24) is 9.80 Å². The summed E-state index contributed by atoms with van der Waals surface area (Å²) in [6.07, 6.45) is 0. The molecule has 0 aliphatic carbocycles. The number of aryl methyl sites for hydroxylation is 1. The molecular formula is C24H30N2O5. The summed E-state index contributed by atoms with van der Waals surface area (Å²) < 4.78 is 11.2. The molecule has 1 amide bonds. The molecule has 0 radical (unpaired) electrons. The zero-order valence-corrected chi connectivity index (χ0v) is 18.6. The first-order chi connectivity index (χ1) is 14.9. The second-order valence-corrected chi connectivity index (χ2v) is 7.58. The van der Waals surface area contributed by atoms with Crippen LogP contribution < -0.4 is 4.74 Å². The molecule has 1 aromatic heterocycles. The lowest BCUT2D eigenvalue weighted by molar-refractivity contribution is -0.141. The third-order valence-electron chi connectivity index (χ3n) is 5.74. The van der Waals surface area contributed by atoms with Crippen molar-refractivity contribution in [1.29, 1.82) is 0 Å². The summed E-state index contributed by atoms with van der Waals surface area (Å²) in [4.78, 5) is 42.9. The van der Waals surface area contributed by atoms with Gasteiger partial charge < -0.3 is 19.0 Å². The normalized spacial score (nSPS) is 18.8. The van der Waals surface area contributed by atoms with Crippen LogP contribution in [0.2, 0.25) is 0 Å². The standard InChI is InChI=1S/C24H30N2O5/c1-5-25(6-2)14-15-26-21(19-13-8-16(4)31-19)20(23(28)24(26)29)22(27)17-9-11-18(12-10-17)30-7-3/h8-13,20-21H,5-7,14-15H2,1-4H3. The van der Waals surface area contributed by atoms with Crippen LogP contribution >= 0.6 is 0 Å². The smallest absolute Gasteiger partial charge is 0.291 e. The van der Waals surface area contributed by atoms with E-state index in [2.05, 4.69) is 4.90 Å². The number of nitrogens with zero attached hydrogens (tertiary/aromatic N) is 2. The number of ether oxygens (including phenoxy) is 1. The van der Waals surface area contributed by atoms with Crippen LogP contribution in [0.4, 0.5) is 0 Å². The molecule has 0 N–H and O–H groups in total. The molecule has 2 atom stereocenters. The van der Waals surface area contributed by atoms with E-state index in [4.69, 9.17) is 9.15 Å². The fourth-order valence-electron chi connectivity index (χ4n) is 4.01. The largest absolute Gasteiger partial charge is 0.494 e. The van der Waals surface area contributed by atoms with Gasteiger partial charge in [-0.3, -0.25) is 14.4 Å². The molecule has 3 rings (SSSR count). The summed E-state index contributed by atoms with van der Waals surface area (Å²) in [6, 6.07) is 9.44. The summed E-state index contributed by atoms with van der Waals surface area (Å²) in [5.41, 5.74) is 0.369. The molecule has 1 fully saturated rings. The molecule has 0 bridgehead atoms. The van der Waals surface area contributed by atoms with E-state index in [0.717, 1.165) is 13.1 Å². The van der Waals surface area contributed by atoms with Crippen LogP contribution in [0.5, 0.6) is 5.75 Å². The van der Waals surface area contributed by atoms with Gasteiger partial charge in [0.1, 0.15) is 29.2 Å². The maximum atomic E-state index is 13.4. The Bertz CT molecular complexity index is 930. The molecule has 1 aliphatic rings. The molecule has 2 heterocycles. The van der Waals surface area contributed by atoms with Crippen LogP contribution in [0.3, 0.4) is 0 Å². The summed E-state index contributed by atoms with van der Waals surface area (Å²) in [5, 5.41) is 0. The van der Waals surface area contributed by atoms with Gasteiger partial charge in [0.05, 0.1) is 6.61 Å². The monoisotopic (exact) mass is 426 g/mol. The second-order valence-electron chi connectivity index (χ2n) is 7.58. The summed E-state index contributed by atoms with van der Waals surface area (Å²) in [6.45, 7) is 10.9. The zero-order valence-electron chi connectivity index (χ0n) is 18.6. The van der Waals surface area contributed by atoms with Gasteiger partial charge in [-0.15, -0.1) is 0 Å². The first-order valence-electron chi connectivity index (χ1n) is 10.8. The van der Waals surface area contributed by atoms with E-state index in [1.807, 2.05) is 20.8 Å². The Balaban J connectivity index is 1.93. The van der Waals surface area contributed by atoms with Crippen molar-refractivity contribution in [3.05, 3.63) is 53.5 Å². The van der Waals surface area contributed by atoms with Crippen molar-refractivity contribution in [2.24, 2.45) is 5.92 Å². The van der Waals surface area contributed by atoms with Crippen molar-refractivity contribution < 1.29 is 23.5 Å². The number of amides is 1. The van der Waals surface area contributed by atoms with Crippen LogP contribution in [0.1, 0.15) is 48.7 Å². The lowest BCUT2D eigenvalue weighted by Gasteiger charge is -2.28. The lowest BCUT2D eigenvalue weighted by Crippen LogP contribution is -2.38. The highest BCUT2D eigenvalue weighted by Crippen LogP contribution is 2.39. The highest BCUT2D eigenvalue weighted by atomic mass is 16.5. The number of carbonyl (C=O) groups excluding carboxylic acids is 3. The minimum absolute atomic E-state index is 0.351. The number of ketones is 2.